The van der Waals surface area contributed by atoms with Crippen LogP contribution in [0.15, 0.2) is 0 Å². The molecule has 0 spiro atoms. The van der Waals surface area contributed by atoms with Crippen molar-refractivity contribution >= 4 is 18.0 Å². The van der Waals surface area contributed by atoms with Gasteiger partial charge < -0.3 is 10.5 Å². The summed E-state index contributed by atoms with van der Waals surface area (Å²) in [5.74, 6) is -0.601. The van der Waals surface area contributed by atoms with Crippen LogP contribution in [0.4, 0.5) is 9.59 Å². The Morgan fingerprint density at radius 3 is 2.41 bits per heavy atom. The molecular weight excluding hydrogens is 226 g/mol. The molecule has 1 aliphatic heterocycles. The molecule has 7 nitrogen and oxygen atoms in total. The molecule has 1 rings (SSSR count). The topological polar surface area (TPSA) is 102 Å². The highest BCUT2D eigenvalue weighted by Crippen LogP contribution is 2.23. The van der Waals surface area contributed by atoms with Crippen molar-refractivity contribution in [3.63, 3.8) is 0 Å². The number of imide groups is 2. The van der Waals surface area contributed by atoms with Gasteiger partial charge in [0.2, 0.25) is 0 Å². The molecule has 0 aliphatic carbocycles. The van der Waals surface area contributed by atoms with Crippen molar-refractivity contribution in [2.24, 2.45) is 5.73 Å². The Labute approximate surface area is 99.3 Å². The summed E-state index contributed by atoms with van der Waals surface area (Å²) >= 11 is 0. The Morgan fingerprint density at radius 2 is 2.00 bits per heavy atom. The second-order valence-corrected chi connectivity index (χ2v) is 5.05. The first-order chi connectivity index (χ1) is 7.62. The molecule has 1 fully saturated rings. The number of hydrogen-bond donors (Lipinski definition) is 2. The third-order valence-corrected chi connectivity index (χ3v) is 2.38. The molecule has 1 saturated heterocycles. The number of rotatable bonds is 1. The minimum Gasteiger partial charge on any atom is -0.443 e. The lowest BCUT2D eigenvalue weighted by atomic mass is 10.0. The summed E-state index contributed by atoms with van der Waals surface area (Å²) in [5, 5.41) is 2.04. The predicted octanol–water partition coefficient (Wildman–Crippen LogP) is 0.191. The maximum atomic E-state index is 11.8. The molecule has 3 N–H and O–H groups in total. The number of hydrogen-bond acceptors (Lipinski definition) is 5. The lowest BCUT2D eigenvalue weighted by molar-refractivity contribution is -0.125. The number of nitrogens with zero attached hydrogens (tertiary/aromatic N) is 1. The van der Waals surface area contributed by atoms with E-state index in [2.05, 4.69) is 0 Å². The molecule has 0 radical (unpaired) electrons. The number of carbonyl (C=O) groups is 3. The zero-order chi connectivity index (χ0) is 13.4. The van der Waals surface area contributed by atoms with Crippen LogP contribution in [0.25, 0.3) is 0 Å². The number of nitrogens with two attached hydrogens (primary N) is 1. The Hall–Kier alpha value is -1.63. The van der Waals surface area contributed by atoms with E-state index in [4.69, 9.17) is 10.5 Å². The minimum atomic E-state index is -1.39. The fraction of sp³-hybridized carbons (Fsp3) is 0.700. The maximum Gasteiger partial charge on any atom is 0.419 e. The van der Waals surface area contributed by atoms with E-state index in [1.807, 2.05) is 5.32 Å². The van der Waals surface area contributed by atoms with Gasteiger partial charge in [-0.05, 0) is 27.7 Å². The molecule has 1 unspecified atom stereocenters. The summed E-state index contributed by atoms with van der Waals surface area (Å²) in [6.45, 7) is 6.25. The van der Waals surface area contributed by atoms with Gasteiger partial charge in [0.25, 0.3) is 5.91 Å². The van der Waals surface area contributed by atoms with Crippen molar-refractivity contribution in [3.05, 3.63) is 0 Å². The molecule has 96 valence electrons. The van der Waals surface area contributed by atoms with Crippen LogP contribution in [-0.4, -0.2) is 40.6 Å². The summed E-state index contributed by atoms with van der Waals surface area (Å²) in [7, 11) is 0. The van der Waals surface area contributed by atoms with Crippen molar-refractivity contribution in [2.45, 2.75) is 38.8 Å². The van der Waals surface area contributed by atoms with Gasteiger partial charge in [0.05, 0.1) is 0 Å². The molecule has 1 atom stereocenters. The van der Waals surface area contributed by atoms with Gasteiger partial charge in [-0.1, -0.05) is 0 Å². The zero-order valence-corrected chi connectivity index (χ0v) is 10.4. The third-order valence-electron chi connectivity index (χ3n) is 2.38. The largest absolute Gasteiger partial charge is 0.443 e. The van der Waals surface area contributed by atoms with Gasteiger partial charge in [-0.25, -0.2) is 14.5 Å². The van der Waals surface area contributed by atoms with Crippen LogP contribution in [0.2, 0.25) is 0 Å². The normalized spacial score (nSPS) is 24.9. The van der Waals surface area contributed by atoms with Gasteiger partial charge in [0.15, 0.2) is 0 Å². The van der Waals surface area contributed by atoms with Crippen LogP contribution in [0, 0.1) is 0 Å². The number of nitrogens with one attached hydrogen (secondary N) is 1. The summed E-state index contributed by atoms with van der Waals surface area (Å²) in [6, 6.07) is -0.808. The molecule has 1 heterocycles. The summed E-state index contributed by atoms with van der Waals surface area (Å²) in [6.07, 6.45) is -0.881. The van der Waals surface area contributed by atoms with Crippen LogP contribution < -0.4 is 11.1 Å². The van der Waals surface area contributed by atoms with E-state index >= 15 is 0 Å². The Morgan fingerprint density at radius 1 is 1.47 bits per heavy atom. The van der Waals surface area contributed by atoms with Crippen LogP contribution in [0.5, 0.6) is 0 Å². The van der Waals surface area contributed by atoms with Gasteiger partial charge in [0.1, 0.15) is 11.1 Å². The van der Waals surface area contributed by atoms with Crippen molar-refractivity contribution < 1.29 is 19.1 Å². The van der Waals surface area contributed by atoms with Crippen LogP contribution in [-0.2, 0) is 9.53 Å². The minimum absolute atomic E-state index is 0.163. The highest BCUT2D eigenvalue weighted by molar-refractivity contribution is 6.13. The molecule has 0 aromatic carbocycles. The lowest BCUT2D eigenvalue weighted by Crippen LogP contribution is -2.55. The fourth-order valence-corrected chi connectivity index (χ4v) is 1.39. The van der Waals surface area contributed by atoms with Gasteiger partial charge in [-0.15, -0.1) is 0 Å². The highest BCUT2D eigenvalue weighted by Gasteiger charge is 2.53. The van der Waals surface area contributed by atoms with Gasteiger partial charge >= 0.3 is 12.1 Å². The first kappa shape index (κ1) is 13.4. The van der Waals surface area contributed by atoms with Crippen LogP contribution >= 0.6 is 0 Å². The first-order valence-electron chi connectivity index (χ1n) is 5.20. The SMILES string of the molecule is CC(C)(C)OC(=O)N1C(=O)NC(=O)C1(C)CN. The Bertz CT molecular complexity index is 374. The molecule has 0 bridgehead atoms. The van der Waals surface area contributed by atoms with E-state index in [1.165, 1.54) is 6.92 Å². The monoisotopic (exact) mass is 243 g/mol. The predicted molar refractivity (Wildman–Crippen MR) is 59.1 cm³/mol. The zero-order valence-electron chi connectivity index (χ0n) is 10.4. The first-order valence-corrected chi connectivity index (χ1v) is 5.20. The average Bonchev–Trinajstić information content (AvgIpc) is 2.35. The molecule has 0 aromatic rings. The molecule has 4 amide bonds. The lowest BCUT2D eigenvalue weighted by Gasteiger charge is -2.30. The van der Waals surface area contributed by atoms with E-state index in [1.54, 1.807) is 20.8 Å². The fourth-order valence-electron chi connectivity index (χ4n) is 1.39. The summed E-state index contributed by atoms with van der Waals surface area (Å²) < 4.78 is 5.06. The summed E-state index contributed by atoms with van der Waals surface area (Å²) in [5.41, 5.74) is 3.31. The molecular formula is C10H17N3O4. The number of urea groups is 1. The number of ether oxygens (including phenoxy) is 1. The van der Waals surface area contributed by atoms with Gasteiger partial charge in [-0.3, -0.25) is 10.1 Å². The van der Waals surface area contributed by atoms with Crippen molar-refractivity contribution in [1.29, 1.82) is 0 Å². The van der Waals surface area contributed by atoms with Crippen LogP contribution in [0.3, 0.4) is 0 Å². The maximum absolute atomic E-state index is 11.8. The van der Waals surface area contributed by atoms with Gasteiger partial charge in [0, 0.05) is 6.54 Å². The quantitative estimate of drug-likeness (QED) is 0.640. The van der Waals surface area contributed by atoms with E-state index in [9.17, 15) is 14.4 Å². The van der Waals surface area contributed by atoms with Gasteiger partial charge in [-0.2, -0.15) is 0 Å². The van der Waals surface area contributed by atoms with Crippen LogP contribution in [0.1, 0.15) is 27.7 Å². The molecule has 1 aliphatic rings. The van der Waals surface area contributed by atoms with Crippen molar-refractivity contribution in [3.8, 4) is 0 Å². The van der Waals surface area contributed by atoms with E-state index in [-0.39, 0.29) is 6.54 Å². The smallest absolute Gasteiger partial charge is 0.419 e. The molecule has 0 saturated carbocycles. The average molecular weight is 243 g/mol. The number of amides is 4. The Kier molecular flexibility index (Phi) is 3.15. The van der Waals surface area contributed by atoms with E-state index in [0.29, 0.717) is 0 Å². The van der Waals surface area contributed by atoms with E-state index in [0.717, 1.165) is 4.90 Å². The third kappa shape index (κ3) is 2.38. The second kappa shape index (κ2) is 3.99. The number of carbonyl (C=O) groups excluding carboxylic acids is 3. The highest BCUT2D eigenvalue weighted by atomic mass is 16.6. The molecule has 7 heteroatoms. The Balaban J connectivity index is 2.99. The van der Waals surface area contributed by atoms with Crippen molar-refractivity contribution in [2.75, 3.05) is 6.54 Å². The standard InChI is InChI=1S/C10H17N3O4/c1-9(2,3)17-8(16)13-7(15)12-6(14)10(13,4)5-11/h5,11H2,1-4H3,(H,12,14,15). The second-order valence-electron chi connectivity index (χ2n) is 5.05. The van der Waals surface area contributed by atoms with Crippen molar-refractivity contribution in [1.82, 2.24) is 10.2 Å². The van der Waals surface area contributed by atoms with E-state index < -0.39 is 29.2 Å². The molecule has 0 aromatic heterocycles. The molecule has 17 heavy (non-hydrogen) atoms. The summed E-state index contributed by atoms with van der Waals surface area (Å²) in [4.78, 5) is 35.6.